The molecule has 1 heterocycles. The Balaban J connectivity index is 2.74. The van der Waals surface area contributed by atoms with E-state index in [2.05, 4.69) is 5.10 Å². The van der Waals surface area contributed by atoms with Gasteiger partial charge in [-0.05, 0) is 25.5 Å². The van der Waals surface area contributed by atoms with Gasteiger partial charge in [0.05, 0.1) is 12.3 Å². The van der Waals surface area contributed by atoms with Crippen LogP contribution < -0.4 is 0 Å². The van der Waals surface area contributed by atoms with Gasteiger partial charge in [0.2, 0.25) is 0 Å². The smallest absolute Gasteiger partial charge is 0.331 e. The van der Waals surface area contributed by atoms with Crippen LogP contribution in [-0.4, -0.2) is 22.4 Å². The molecule has 0 saturated carbocycles. The number of allylic oxidation sites excluding steroid dienone is 1. The first-order valence-electron chi connectivity index (χ1n) is 4.48. The van der Waals surface area contributed by atoms with E-state index in [1.165, 1.54) is 6.08 Å². The van der Waals surface area contributed by atoms with Gasteiger partial charge in [-0.25, -0.2) is 4.79 Å². The molecule has 0 spiro atoms. The van der Waals surface area contributed by atoms with Crippen molar-refractivity contribution in [3.63, 3.8) is 0 Å². The summed E-state index contributed by atoms with van der Waals surface area (Å²) in [6.07, 6.45) is 3.28. The molecule has 0 saturated heterocycles. The topological polar surface area (TPSA) is 44.1 Å². The number of hydrogen-bond donors (Lipinski definition) is 0. The average molecular weight is 194 g/mol. The van der Waals surface area contributed by atoms with Crippen molar-refractivity contribution in [3.8, 4) is 0 Å². The van der Waals surface area contributed by atoms with Gasteiger partial charge >= 0.3 is 5.97 Å². The third kappa shape index (κ3) is 2.73. The third-order valence-electron chi connectivity index (χ3n) is 1.74. The molecule has 76 valence electrons. The maximum absolute atomic E-state index is 11.1. The summed E-state index contributed by atoms with van der Waals surface area (Å²) in [6, 6.07) is 1.85. The van der Waals surface area contributed by atoms with Crippen LogP contribution >= 0.6 is 0 Å². The van der Waals surface area contributed by atoms with Gasteiger partial charge in [0.15, 0.2) is 0 Å². The molecule has 0 aliphatic heterocycles. The Bertz CT molecular complexity index is 353. The lowest BCUT2D eigenvalue weighted by molar-refractivity contribution is -0.137. The SMILES string of the molecule is CCOC(=O)/C=C(/C)c1ccn(C)n1. The first-order chi connectivity index (χ1) is 6.63. The Morgan fingerprint density at radius 3 is 2.93 bits per heavy atom. The van der Waals surface area contributed by atoms with Crippen LogP contribution in [-0.2, 0) is 16.6 Å². The molecule has 1 aromatic heterocycles. The number of aryl methyl sites for hydroxylation is 1. The average Bonchev–Trinajstić information content (AvgIpc) is 2.52. The van der Waals surface area contributed by atoms with E-state index in [4.69, 9.17) is 4.74 Å². The van der Waals surface area contributed by atoms with E-state index in [-0.39, 0.29) is 5.97 Å². The summed E-state index contributed by atoms with van der Waals surface area (Å²) in [6.45, 7) is 4.01. The molecule has 0 amide bonds. The van der Waals surface area contributed by atoms with Crippen LogP contribution in [0.25, 0.3) is 5.57 Å². The second-order valence-electron chi connectivity index (χ2n) is 2.95. The van der Waals surface area contributed by atoms with E-state index in [0.717, 1.165) is 11.3 Å². The molecule has 4 heteroatoms. The van der Waals surface area contributed by atoms with Gasteiger partial charge in [-0.15, -0.1) is 0 Å². The monoisotopic (exact) mass is 194 g/mol. The van der Waals surface area contributed by atoms with Crippen LogP contribution in [0.4, 0.5) is 0 Å². The highest BCUT2D eigenvalue weighted by Gasteiger charge is 2.02. The van der Waals surface area contributed by atoms with Crippen molar-refractivity contribution < 1.29 is 9.53 Å². The standard InChI is InChI=1S/C10H14N2O2/c1-4-14-10(13)7-8(2)9-5-6-12(3)11-9/h5-7H,4H2,1-3H3/b8-7-. The van der Waals surface area contributed by atoms with Crippen molar-refractivity contribution >= 4 is 11.5 Å². The zero-order valence-electron chi connectivity index (χ0n) is 8.65. The maximum Gasteiger partial charge on any atom is 0.331 e. The Morgan fingerprint density at radius 1 is 1.71 bits per heavy atom. The van der Waals surface area contributed by atoms with Crippen molar-refractivity contribution in [2.45, 2.75) is 13.8 Å². The summed E-state index contributed by atoms with van der Waals surface area (Å²) in [5.41, 5.74) is 1.60. The highest BCUT2D eigenvalue weighted by molar-refractivity contribution is 5.90. The molecule has 0 unspecified atom stereocenters. The van der Waals surface area contributed by atoms with Gasteiger partial charge < -0.3 is 4.74 Å². The molecule has 0 aliphatic rings. The van der Waals surface area contributed by atoms with E-state index in [1.54, 1.807) is 11.6 Å². The van der Waals surface area contributed by atoms with Crippen LogP contribution in [0.5, 0.6) is 0 Å². The van der Waals surface area contributed by atoms with E-state index in [0.29, 0.717) is 6.61 Å². The molecule has 0 radical (unpaired) electrons. The lowest BCUT2D eigenvalue weighted by Gasteiger charge is -1.97. The number of carbonyl (C=O) groups excluding carboxylic acids is 1. The molecular formula is C10H14N2O2. The van der Waals surface area contributed by atoms with Crippen molar-refractivity contribution in [1.82, 2.24) is 9.78 Å². The van der Waals surface area contributed by atoms with Crippen LogP contribution in [0.2, 0.25) is 0 Å². The summed E-state index contributed by atoms with van der Waals surface area (Å²) < 4.78 is 6.48. The number of hydrogen-bond acceptors (Lipinski definition) is 3. The molecule has 1 aromatic rings. The predicted octanol–water partition coefficient (Wildman–Crippen LogP) is 1.39. The molecule has 14 heavy (non-hydrogen) atoms. The Labute approximate surface area is 83.2 Å². The molecule has 0 atom stereocenters. The number of carbonyl (C=O) groups is 1. The Morgan fingerprint density at radius 2 is 2.43 bits per heavy atom. The van der Waals surface area contributed by atoms with Crippen LogP contribution in [0.3, 0.4) is 0 Å². The zero-order chi connectivity index (χ0) is 10.6. The molecular weight excluding hydrogens is 180 g/mol. The Kier molecular flexibility index (Phi) is 3.45. The molecule has 0 fully saturated rings. The van der Waals surface area contributed by atoms with Crippen molar-refractivity contribution in [2.75, 3.05) is 6.61 Å². The summed E-state index contributed by atoms with van der Waals surface area (Å²) >= 11 is 0. The maximum atomic E-state index is 11.1. The minimum atomic E-state index is -0.323. The van der Waals surface area contributed by atoms with Gasteiger partial charge in [-0.2, -0.15) is 5.10 Å². The van der Waals surface area contributed by atoms with Crippen LogP contribution in [0.1, 0.15) is 19.5 Å². The predicted molar refractivity (Wildman–Crippen MR) is 53.5 cm³/mol. The molecule has 0 aliphatic carbocycles. The van der Waals surface area contributed by atoms with Crippen molar-refractivity contribution in [3.05, 3.63) is 24.0 Å². The van der Waals surface area contributed by atoms with Crippen molar-refractivity contribution in [1.29, 1.82) is 0 Å². The van der Waals surface area contributed by atoms with Gasteiger partial charge in [0, 0.05) is 19.3 Å². The van der Waals surface area contributed by atoms with E-state index >= 15 is 0 Å². The fourth-order valence-corrected chi connectivity index (χ4v) is 1.06. The normalized spacial score (nSPS) is 11.5. The number of nitrogens with zero attached hydrogens (tertiary/aromatic N) is 2. The molecule has 0 aromatic carbocycles. The van der Waals surface area contributed by atoms with E-state index in [9.17, 15) is 4.79 Å². The summed E-state index contributed by atoms with van der Waals surface area (Å²) in [5.74, 6) is -0.323. The van der Waals surface area contributed by atoms with Crippen LogP contribution in [0.15, 0.2) is 18.3 Å². The third-order valence-corrected chi connectivity index (χ3v) is 1.74. The number of rotatable bonds is 3. The fourth-order valence-electron chi connectivity index (χ4n) is 1.06. The molecule has 0 bridgehead atoms. The van der Waals surface area contributed by atoms with Crippen molar-refractivity contribution in [2.24, 2.45) is 7.05 Å². The minimum Gasteiger partial charge on any atom is -0.463 e. The quantitative estimate of drug-likeness (QED) is 0.539. The van der Waals surface area contributed by atoms with Gasteiger partial charge in [0.1, 0.15) is 0 Å². The molecule has 1 rings (SSSR count). The lowest BCUT2D eigenvalue weighted by Crippen LogP contribution is -2.00. The van der Waals surface area contributed by atoms with Crippen LogP contribution in [0, 0.1) is 0 Å². The number of esters is 1. The summed E-state index contributed by atoms with van der Waals surface area (Å²) in [4.78, 5) is 11.1. The second kappa shape index (κ2) is 4.60. The minimum absolute atomic E-state index is 0.323. The summed E-state index contributed by atoms with van der Waals surface area (Å²) in [7, 11) is 1.83. The summed E-state index contributed by atoms with van der Waals surface area (Å²) in [5, 5.41) is 4.16. The zero-order valence-corrected chi connectivity index (χ0v) is 8.65. The Hall–Kier alpha value is -1.58. The first kappa shape index (κ1) is 10.5. The first-order valence-corrected chi connectivity index (χ1v) is 4.48. The molecule has 4 nitrogen and oxygen atoms in total. The highest BCUT2D eigenvalue weighted by atomic mass is 16.5. The fraction of sp³-hybridized carbons (Fsp3) is 0.400. The molecule has 0 N–H and O–H groups in total. The van der Waals surface area contributed by atoms with E-state index in [1.807, 2.05) is 26.2 Å². The number of aromatic nitrogens is 2. The lowest BCUT2D eigenvalue weighted by atomic mass is 10.2. The van der Waals surface area contributed by atoms with E-state index < -0.39 is 0 Å². The number of ether oxygens (including phenoxy) is 1. The van der Waals surface area contributed by atoms with Gasteiger partial charge in [-0.3, -0.25) is 4.68 Å². The second-order valence-corrected chi connectivity index (χ2v) is 2.95. The van der Waals surface area contributed by atoms with Gasteiger partial charge in [0.25, 0.3) is 0 Å². The van der Waals surface area contributed by atoms with Gasteiger partial charge in [-0.1, -0.05) is 0 Å². The highest BCUT2D eigenvalue weighted by Crippen LogP contribution is 2.09. The largest absolute Gasteiger partial charge is 0.463 e.